The van der Waals surface area contributed by atoms with Crippen molar-refractivity contribution >= 4 is 34.9 Å². The second-order valence-electron chi connectivity index (χ2n) is 5.59. The lowest BCUT2D eigenvalue weighted by atomic mass is 10.1. The van der Waals surface area contributed by atoms with Gasteiger partial charge in [-0.05, 0) is 55.3 Å². The van der Waals surface area contributed by atoms with E-state index in [9.17, 15) is 14.4 Å². The van der Waals surface area contributed by atoms with Crippen LogP contribution in [-0.4, -0.2) is 24.1 Å². The lowest BCUT2D eigenvalue weighted by Gasteiger charge is -2.07. The van der Waals surface area contributed by atoms with E-state index in [2.05, 4.69) is 10.6 Å². The molecule has 0 radical (unpaired) electrons. The summed E-state index contributed by atoms with van der Waals surface area (Å²) in [5.74, 6) is -0.798. The second kappa shape index (κ2) is 8.99. The van der Waals surface area contributed by atoms with E-state index in [1.165, 1.54) is 6.92 Å². The number of ketones is 1. The number of nitrogens with one attached hydrogen (secondary N) is 2. The fraction of sp³-hybridized carbons (Fsp3) is 0.211. The van der Waals surface area contributed by atoms with Gasteiger partial charge in [0.2, 0.25) is 11.8 Å². The van der Waals surface area contributed by atoms with Gasteiger partial charge in [-0.15, -0.1) is 0 Å². The van der Waals surface area contributed by atoms with Crippen LogP contribution in [0.4, 0.5) is 5.69 Å². The molecule has 25 heavy (non-hydrogen) atoms. The van der Waals surface area contributed by atoms with E-state index in [-0.39, 0.29) is 18.1 Å². The first-order chi connectivity index (χ1) is 11.9. The molecule has 0 heterocycles. The summed E-state index contributed by atoms with van der Waals surface area (Å²) < 4.78 is 0. The predicted octanol–water partition coefficient (Wildman–Crippen LogP) is 3.23. The molecule has 0 spiro atoms. The highest BCUT2D eigenvalue weighted by Gasteiger charge is 2.09. The molecule has 0 aliphatic heterocycles. The van der Waals surface area contributed by atoms with Crippen LogP contribution < -0.4 is 10.6 Å². The maximum atomic E-state index is 11.9. The number of amides is 2. The third-order valence-electron chi connectivity index (χ3n) is 3.52. The van der Waals surface area contributed by atoms with E-state index in [1.54, 1.807) is 30.3 Å². The zero-order valence-corrected chi connectivity index (χ0v) is 14.6. The van der Waals surface area contributed by atoms with Crippen molar-refractivity contribution in [2.24, 2.45) is 0 Å². The van der Waals surface area contributed by atoms with E-state index in [1.807, 2.05) is 18.2 Å². The molecule has 0 aromatic heterocycles. The third kappa shape index (κ3) is 6.39. The Labute approximate surface area is 151 Å². The van der Waals surface area contributed by atoms with Crippen LogP contribution in [0.5, 0.6) is 0 Å². The number of hydrogen-bond acceptors (Lipinski definition) is 3. The molecule has 0 saturated carbocycles. The molecule has 0 aliphatic rings. The summed E-state index contributed by atoms with van der Waals surface area (Å²) in [5, 5.41) is 5.98. The van der Waals surface area contributed by atoms with Gasteiger partial charge in [-0.25, -0.2) is 0 Å². The van der Waals surface area contributed by atoms with Crippen LogP contribution in [0.1, 0.15) is 29.3 Å². The Kier molecular flexibility index (Phi) is 6.71. The number of rotatable bonds is 7. The molecule has 2 rings (SSSR count). The first kappa shape index (κ1) is 18.7. The lowest BCUT2D eigenvalue weighted by molar-refractivity contribution is -0.126. The van der Waals surface area contributed by atoms with Crippen LogP contribution in [-0.2, 0) is 16.0 Å². The molecule has 0 atom stereocenters. The predicted molar refractivity (Wildman–Crippen MR) is 97.9 cm³/mol. The van der Waals surface area contributed by atoms with Gasteiger partial charge < -0.3 is 10.6 Å². The molecule has 0 unspecified atom stereocenters. The van der Waals surface area contributed by atoms with E-state index in [0.717, 1.165) is 5.56 Å². The Morgan fingerprint density at radius 1 is 1.00 bits per heavy atom. The number of benzene rings is 2. The maximum absolute atomic E-state index is 11.9. The summed E-state index contributed by atoms with van der Waals surface area (Å²) in [6, 6.07) is 13.9. The van der Waals surface area contributed by atoms with Crippen molar-refractivity contribution in [1.29, 1.82) is 0 Å². The van der Waals surface area contributed by atoms with Gasteiger partial charge in [-0.1, -0.05) is 23.7 Å². The lowest BCUT2D eigenvalue weighted by Crippen LogP contribution is -2.29. The van der Waals surface area contributed by atoms with Crippen LogP contribution in [0.15, 0.2) is 48.5 Å². The first-order valence-electron chi connectivity index (χ1n) is 7.86. The molecule has 2 amide bonds. The molecule has 0 bridgehead atoms. The van der Waals surface area contributed by atoms with Gasteiger partial charge in [0.1, 0.15) is 6.42 Å². The molecule has 5 nitrogen and oxygen atoms in total. The van der Waals surface area contributed by atoms with Crippen molar-refractivity contribution in [3.63, 3.8) is 0 Å². The molecule has 6 heteroatoms. The van der Waals surface area contributed by atoms with Crippen LogP contribution in [0.25, 0.3) is 0 Å². The van der Waals surface area contributed by atoms with Gasteiger partial charge in [-0.3, -0.25) is 14.4 Å². The molecule has 2 N–H and O–H groups in total. The van der Waals surface area contributed by atoms with Crippen molar-refractivity contribution in [1.82, 2.24) is 5.32 Å². The zero-order valence-electron chi connectivity index (χ0n) is 13.8. The van der Waals surface area contributed by atoms with Gasteiger partial charge in [0.05, 0.1) is 0 Å². The molecule has 0 fully saturated rings. The van der Waals surface area contributed by atoms with Crippen LogP contribution in [0.2, 0.25) is 5.02 Å². The minimum absolute atomic E-state index is 0.0445. The summed E-state index contributed by atoms with van der Waals surface area (Å²) >= 11 is 5.90. The van der Waals surface area contributed by atoms with Gasteiger partial charge in [0.25, 0.3) is 0 Å². The average molecular weight is 359 g/mol. The maximum Gasteiger partial charge on any atom is 0.233 e. The van der Waals surface area contributed by atoms with Crippen molar-refractivity contribution in [2.45, 2.75) is 19.8 Å². The van der Waals surface area contributed by atoms with E-state index < -0.39 is 5.91 Å². The van der Waals surface area contributed by atoms with E-state index in [4.69, 9.17) is 11.6 Å². The van der Waals surface area contributed by atoms with Crippen LogP contribution in [0, 0.1) is 0 Å². The zero-order chi connectivity index (χ0) is 18.2. The van der Waals surface area contributed by atoms with Crippen LogP contribution >= 0.6 is 11.6 Å². The Bertz CT molecular complexity index is 772. The van der Waals surface area contributed by atoms with Crippen molar-refractivity contribution in [3.05, 3.63) is 64.7 Å². The average Bonchev–Trinajstić information content (AvgIpc) is 2.55. The first-order valence-corrected chi connectivity index (χ1v) is 8.24. The molecule has 0 saturated heterocycles. The minimum atomic E-state index is -0.407. The Morgan fingerprint density at radius 2 is 1.72 bits per heavy atom. The summed E-state index contributed by atoms with van der Waals surface area (Å²) in [4.78, 5) is 34.9. The van der Waals surface area contributed by atoms with Gasteiger partial charge in [0, 0.05) is 22.8 Å². The fourth-order valence-corrected chi connectivity index (χ4v) is 2.45. The van der Waals surface area contributed by atoms with Crippen molar-refractivity contribution in [2.75, 3.05) is 11.9 Å². The smallest absolute Gasteiger partial charge is 0.233 e. The Balaban J connectivity index is 1.74. The SMILES string of the molecule is CC(=O)c1ccc(NC(=O)CC(=O)NCCc2cccc(Cl)c2)cc1. The number of carbonyl (C=O) groups excluding carboxylic acids is 3. The number of carbonyl (C=O) groups is 3. The fourth-order valence-electron chi connectivity index (χ4n) is 2.24. The second-order valence-corrected chi connectivity index (χ2v) is 6.02. The topological polar surface area (TPSA) is 75.3 Å². The molecule has 0 aliphatic carbocycles. The normalized spacial score (nSPS) is 10.2. The van der Waals surface area contributed by atoms with Crippen molar-refractivity contribution < 1.29 is 14.4 Å². The molecule has 130 valence electrons. The standard InChI is InChI=1S/C19H19ClN2O3/c1-13(23)15-5-7-17(8-6-15)22-19(25)12-18(24)21-10-9-14-3-2-4-16(20)11-14/h2-8,11H,9-10,12H2,1H3,(H,21,24)(H,22,25). The van der Waals surface area contributed by atoms with E-state index >= 15 is 0 Å². The molecular weight excluding hydrogens is 340 g/mol. The quantitative estimate of drug-likeness (QED) is 0.589. The van der Waals surface area contributed by atoms with Gasteiger partial charge >= 0.3 is 0 Å². The summed E-state index contributed by atoms with van der Waals surface area (Å²) in [6.45, 7) is 1.90. The highest BCUT2D eigenvalue weighted by molar-refractivity contribution is 6.30. The minimum Gasteiger partial charge on any atom is -0.355 e. The summed E-state index contributed by atoms with van der Waals surface area (Å²) in [5.41, 5.74) is 2.13. The molecule has 2 aromatic rings. The van der Waals surface area contributed by atoms with Crippen molar-refractivity contribution in [3.8, 4) is 0 Å². The number of hydrogen-bond donors (Lipinski definition) is 2. The highest BCUT2D eigenvalue weighted by atomic mass is 35.5. The number of halogens is 1. The van der Waals surface area contributed by atoms with Gasteiger partial charge in [-0.2, -0.15) is 0 Å². The molecule has 2 aromatic carbocycles. The number of anilines is 1. The summed E-state index contributed by atoms with van der Waals surface area (Å²) in [7, 11) is 0. The Hall–Kier alpha value is -2.66. The summed E-state index contributed by atoms with van der Waals surface area (Å²) in [6.07, 6.45) is 0.379. The largest absolute Gasteiger partial charge is 0.355 e. The third-order valence-corrected chi connectivity index (χ3v) is 3.76. The highest BCUT2D eigenvalue weighted by Crippen LogP contribution is 2.11. The number of Topliss-reactive ketones (excluding diaryl/α,β-unsaturated/α-hetero) is 1. The Morgan fingerprint density at radius 3 is 2.36 bits per heavy atom. The monoisotopic (exact) mass is 358 g/mol. The van der Waals surface area contributed by atoms with Crippen LogP contribution in [0.3, 0.4) is 0 Å². The van der Waals surface area contributed by atoms with E-state index in [0.29, 0.717) is 29.2 Å². The van der Waals surface area contributed by atoms with Gasteiger partial charge in [0.15, 0.2) is 5.78 Å². The molecular formula is C19H19ClN2O3.